The fraction of sp³-hybridized carbons (Fsp3) is 0.417. The number of ether oxygens (including phenoxy) is 1. The second kappa shape index (κ2) is 6.47. The Kier molecular flexibility index (Phi) is 5.25. The van der Waals surface area contributed by atoms with E-state index in [1.165, 1.54) is 0 Å². The minimum absolute atomic E-state index is 0.386. The molecule has 0 radical (unpaired) electrons. The summed E-state index contributed by atoms with van der Waals surface area (Å²) in [5.74, 6) is 0.398. The summed E-state index contributed by atoms with van der Waals surface area (Å²) >= 11 is 5.96. The van der Waals surface area contributed by atoms with Crippen LogP contribution in [-0.4, -0.2) is 31.3 Å². The Morgan fingerprint density at radius 2 is 2.24 bits per heavy atom. The van der Waals surface area contributed by atoms with Crippen LogP contribution in [0.15, 0.2) is 12.1 Å². The predicted molar refractivity (Wildman–Crippen MR) is 66.5 cm³/mol. The molecule has 1 amide bonds. The molecule has 17 heavy (non-hydrogen) atoms. The number of carbonyl (C=O) groups excluding carboxylic acids is 1. The number of nitrogens with one attached hydrogen (secondary N) is 1. The largest absolute Gasteiger partial charge is 0.496 e. The average molecular weight is 258 g/mol. The number of aryl methyl sites for hydroxylation is 1. The second-order valence-corrected chi connectivity index (χ2v) is 4.11. The first-order valence-corrected chi connectivity index (χ1v) is 5.67. The van der Waals surface area contributed by atoms with Crippen molar-refractivity contribution >= 4 is 17.5 Å². The lowest BCUT2D eigenvalue weighted by atomic mass is 10.1. The standard InChI is InChI=1S/C12H16ClNO3/c1-8-5-10(13)6-9(12(8)17-2)3-4-14-11(16)7-15/h5-6,15H,3-4,7H2,1-2H3,(H,14,16). The van der Waals surface area contributed by atoms with Crippen molar-refractivity contribution in [2.45, 2.75) is 13.3 Å². The molecular formula is C12H16ClNO3. The van der Waals surface area contributed by atoms with E-state index in [0.717, 1.165) is 16.9 Å². The van der Waals surface area contributed by atoms with Crippen molar-refractivity contribution in [2.75, 3.05) is 20.3 Å². The smallest absolute Gasteiger partial charge is 0.245 e. The molecule has 2 N–H and O–H groups in total. The molecule has 4 nitrogen and oxygen atoms in total. The van der Waals surface area contributed by atoms with Gasteiger partial charge in [0.05, 0.1) is 7.11 Å². The summed E-state index contributed by atoms with van der Waals surface area (Å²) in [6.45, 7) is 1.86. The number of amides is 1. The minimum atomic E-state index is -0.494. The van der Waals surface area contributed by atoms with Gasteiger partial charge in [0.1, 0.15) is 12.4 Å². The molecule has 0 bridgehead atoms. The molecule has 1 aromatic rings. The highest BCUT2D eigenvalue weighted by Crippen LogP contribution is 2.27. The van der Waals surface area contributed by atoms with Gasteiger partial charge in [-0.2, -0.15) is 0 Å². The van der Waals surface area contributed by atoms with Crippen molar-refractivity contribution in [3.05, 3.63) is 28.3 Å². The second-order valence-electron chi connectivity index (χ2n) is 3.67. The molecule has 0 aliphatic heterocycles. The fourth-order valence-electron chi connectivity index (χ4n) is 1.67. The first kappa shape index (κ1) is 13.8. The van der Waals surface area contributed by atoms with Gasteiger partial charge in [-0.1, -0.05) is 11.6 Å². The quantitative estimate of drug-likeness (QED) is 0.836. The molecule has 0 aromatic heterocycles. The van der Waals surface area contributed by atoms with Crippen LogP contribution in [0.5, 0.6) is 5.75 Å². The van der Waals surface area contributed by atoms with E-state index in [1.807, 2.05) is 19.1 Å². The third-order valence-corrected chi connectivity index (χ3v) is 2.60. The summed E-state index contributed by atoms with van der Waals surface area (Å²) in [5, 5.41) is 11.8. The Balaban J connectivity index is 2.72. The van der Waals surface area contributed by atoms with E-state index in [-0.39, 0.29) is 5.91 Å². The van der Waals surface area contributed by atoms with Crippen LogP contribution in [0.25, 0.3) is 0 Å². The van der Waals surface area contributed by atoms with Gasteiger partial charge in [-0.05, 0) is 36.6 Å². The van der Waals surface area contributed by atoms with Crippen LogP contribution in [0.3, 0.4) is 0 Å². The third-order valence-electron chi connectivity index (χ3n) is 2.38. The lowest BCUT2D eigenvalue weighted by molar-refractivity contribution is -0.123. The number of methoxy groups -OCH3 is 1. The molecule has 0 saturated carbocycles. The van der Waals surface area contributed by atoms with E-state index >= 15 is 0 Å². The molecule has 0 saturated heterocycles. The van der Waals surface area contributed by atoms with Crippen LogP contribution in [0, 0.1) is 6.92 Å². The van der Waals surface area contributed by atoms with Crippen molar-refractivity contribution in [2.24, 2.45) is 0 Å². The maximum atomic E-state index is 10.9. The highest BCUT2D eigenvalue weighted by Gasteiger charge is 2.08. The summed E-state index contributed by atoms with van der Waals surface area (Å²) in [6.07, 6.45) is 0.607. The predicted octanol–water partition coefficient (Wildman–Crippen LogP) is 1.31. The van der Waals surface area contributed by atoms with E-state index in [0.29, 0.717) is 18.0 Å². The van der Waals surface area contributed by atoms with Crippen LogP contribution in [0.2, 0.25) is 5.02 Å². The van der Waals surface area contributed by atoms with Gasteiger partial charge < -0.3 is 15.2 Å². The SMILES string of the molecule is COc1c(C)cc(Cl)cc1CCNC(=O)CO. The molecule has 1 rings (SSSR count). The Labute approximate surface area is 106 Å². The van der Waals surface area contributed by atoms with Gasteiger partial charge in [0.15, 0.2) is 0 Å². The van der Waals surface area contributed by atoms with Crippen molar-refractivity contribution in [1.29, 1.82) is 0 Å². The molecule has 5 heteroatoms. The highest BCUT2D eigenvalue weighted by atomic mass is 35.5. The van der Waals surface area contributed by atoms with E-state index in [9.17, 15) is 4.79 Å². The molecule has 1 aromatic carbocycles. The zero-order valence-electron chi connectivity index (χ0n) is 9.92. The monoisotopic (exact) mass is 257 g/mol. The number of benzene rings is 1. The first-order chi connectivity index (χ1) is 8.08. The van der Waals surface area contributed by atoms with Gasteiger partial charge in [-0.3, -0.25) is 4.79 Å². The van der Waals surface area contributed by atoms with E-state index in [1.54, 1.807) is 7.11 Å². The van der Waals surface area contributed by atoms with E-state index in [4.69, 9.17) is 21.4 Å². The van der Waals surface area contributed by atoms with Gasteiger partial charge in [-0.15, -0.1) is 0 Å². The molecule has 94 valence electrons. The van der Waals surface area contributed by atoms with Crippen LogP contribution in [0.1, 0.15) is 11.1 Å². The zero-order valence-corrected chi connectivity index (χ0v) is 10.7. The van der Waals surface area contributed by atoms with Crippen LogP contribution in [-0.2, 0) is 11.2 Å². The summed E-state index contributed by atoms with van der Waals surface area (Å²) in [4.78, 5) is 10.9. The molecule has 0 unspecified atom stereocenters. The molecule has 0 aliphatic rings. The van der Waals surface area contributed by atoms with Gasteiger partial charge in [-0.25, -0.2) is 0 Å². The minimum Gasteiger partial charge on any atom is -0.496 e. The molecule has 0 atom stereocenters. The van der Waals surface area contributed by atoms with Crippen molar-refractivity contribution in [3.63, 3.8) is 0 Å². The molecule has 0 heterocycles. The summed E-state index contributed by atoms with van der Waals surface area (Å²) in [6, 6.07) is 3.65. The fourth-order valence-corrected chi connectivity index (χ4v) is 1.96. The number of halogens is 1. The zero-order chi connectivity index (χ0) is 12.8. The Morgan fingerprint density at radius 3 is 2.82 bits per heavy atom. The number of hydrogen-bond donors (Lipinski definition) is 2. The van der Waals surface area contributed by atoms with E-state index in [2.05, 4.69) is 5.32 Å². The first-order valence-electron chi connectivity index (χ1n) is 5.29. The number of hydrogen-bond acceptors (Lipinski definition) is 3. The Bertz CT molecular complexity index is 407. The highest BCUT2D eigenvalue weighted by molar-refractivity contribution is 6.30. The third kappa shape index (κ3) is 3.91. The lowest BCUT2D eigenvalue weighted by Gasteiger charge is -2.12. The topological polar surface area (TPSA) is 58.6 Å². The molecule has 0 aliphatic carbocycles. The normalized spacial score (nSPS) is 10.1. The maximum Gasteiger partial charge on any atom is 0.245 e. The average Bonchev–Trinajstić information content (AvgIpc) is 2.28. The van der Waals surface area contributed by atoms with Crippen LogP contribution in [0.4, 0.5) is 0 Å². The van der Waals surface area contributed by atoms with Crippen molar-refractivity contribution in [1.82, 2.24) is 5.32 Å². The molecular weight excluding hydrogens is 242 g/mol. The maximum absolute atomic E-state index is 10.9. The number of aliphatic hydroxyl groups is 1. The number of aliphatic hydroxyl groups excluding tert-OH is 1. The van der Waals surface area contributed by atoms with Gasteiger partial charge in [0, 0.05) is 11.6 Å². The van der Waals surface area contributed by atoms with Gasteiger partial charge >= 0.3 is 0 Å². The summed E-state index contributed by atoms with van der Waals surface area (Å²) in [7, 11) is 1.60. The van der Waals surface area contributed by atoms with Crippen LogP contribution < -0.4 is 10.1 Å². The number of carbonyl (C=O) groups is 1. The molecule has 0 fully saturated rings. The van der Waals surface area contributed by atoms with Crippen LogP contribution >= 0.6 is 11.6 Å². The molecule has 0 spiro atoms. The summed E-state index contributed by atoms with van der Waals surface area (Å²) < 4.78 is 5.29. The Morgan fingerprint density at radius 1 is 1.53 bits per heavy atom. The Hall–Kier alpha value is -1.26. The van der Waals surface area contributed by atoms with Crippen molar-refractivity contribution in [3.8, 4) is 5.75 Å². The number of rotatable bonds is 5. The van der Waals surface area contributed by atoms with Gasteiger partial charge in [0.25, 0.3) is 0 Å². The lowest BCUT2D eigenvalue weighted by Crippen LogP contribution is -2.28. The van der Waals surface area contributed by atoms with Crippen molar-refractivity contribution < 1.29 is 14.6 Å². The summed E-state index contributed by atoms with van der Waals surface area (Å²) in [5.41, 5.74) is 1.90. The van der Waals surface area contributed by atoms with E-state index < -0.39 is 6.61 Å². The van der Waals surface area contributed by atoms with Gasteiger partial charge in [0.2, 0.25) is 5.91 Å².